The molecule has 0 saturated heterocycles. The fourth-order valence-corrected chi connectivity index (χ4v) is 2.89. The van der Waals surface area contributed by atoms with E-state index in [1.165, 1.54) is 0 Å². The van der Waals surface area contributed by atoms with Crippen LogP contribution in [0.3, 0.4) is 0 Å². The molecule has 0 aliphatic carbocycles. The maximum atomic E-state index is 4.74. The first-order valence-electron chi connectivity index (χ1n) is 7.45. The zero-order valence-electron chi connectivity index (χ0n) is 12.8. The van der Waals surface area contributed by atoms with Crippen LogP contribution < -0.4 is 0 Å². The zero-order chi connectivity index (χ0) is 15.4. The third-order valence-corrected chi connectivity index (χ3v) is 4.43. The minimum absolute atomic E-state index is 0.619. The maximum absolute atomic E-state index is 4.74. The van der Waals surface area contributed by atoms with Crippen LogP contribution in [0.4, 0.5) is 0 Å². The van der Waals surface area contributed by atoms with Crippen LogP contribution in [0.2, 0.25) is 0 Å². The van der Waals surface area contributed by atoms with Gasteiger partial charge in [0.15, 0.2) is 5.82 Å². The van der Waals surface area contributed by atoms with Gasteiger partial charge in [0.1, 0.15) is 0 Å². The molecule has 0 saturated carbocycles. The van der Waals surface area contributed by atoms with E-state index in [-0.39, 0.29) is 0 Å². The lowest BCUT2D eigenvalue weighted by molar-refractivity contribution is 0.746. The molecule has 0 amide bonds. The first-order chi connectivity index (χ1) is 10.7. The number of rotatable bonds is 5. The Hall–Kier alpha value is -2.07. The van der Waals surface area contributed by atoms with E-state index in [0.717, 1.165) is 28.0 Å². The normalized spacial score (nSPS) is 11.0. The number of benzene rings is 2. The average molecular weight is 309 g/mol. The van der Waals surface area contributed by atoms with Crippen molar-refractivity contribution in [2.24, 2.45) is 5.92 Å². The summed E-state index contributed by atoms with van der Waals surface area (Å²) in [5.74, 6) is 2.53. The van der Waals surface area contributed by atoms with E-state index in [1.54, 1.807) is 11.8 Å². The first-order valence-corrected chi connectivity index (χ1v) is 8.43. The number of nitrogens with zero attached hydrogens (tertiary/aromatic N) is 3. The molecule has 0 bridgehead atoms. The Labute approximate surface area is 135 Å². The second kappa shape index (κ2) is 6.79. The van der Waals surface area contributed by atoms with E-state index in [4.69, 9.17) is 10.1 Å². The minimum Gasteiger partial charge on any atom is -0.212 e. The van der Waals surface area contributed by atoms with Crippen LogP contribution in [-0.4, -0.2) is 20.5 Å². The highest BCUT2D eigenvalue weighted by Crippen LogP contribution is 2.25. The summed E-state index contributed by atoms with van der Waals surface area (Å²) in [7, 11) is 0. The van der Waals surface area contributed by atoms with Gasteiger partial charge in [-0.25, -0.2) is 9.67 Å². The van der Waals surface area contributed by atoms with Crippen molar-refractivity contribution in [3.05, 3.63) is 60.7 Å². The van der Waals surface area contributed by atoms with Gasteiger partial charge in [-0.2, -0.15) is 0 Å². The molecule has 0 N–H and O–H groups in total. The van der Waals surface area contributed by atoms with E-state index < -0.39 is 0 Å². The summed E-state index contributed by atoms with van der Waals surface area (Å²) in [6.45, 7) is 4.42. The van der Waals surface area contributed by atoms with Crippen molar-refractivity contribution < 1.29 is 0 Å². The molecule has 3 nitrogen and oxygen atoms in total. The molecule has 0 fully saturated rings. The van der Waals surface area contributed by atoms with Gasteiger partial charge in [0.2, 0.25) is 5.16 Å². The van der Waals surface area contributed by atoms with Gasteiger partial charge in [-0.1, -0.05) is 74.1 Å². The van der Waals surface area contributed by atoms with Gasteiger partial charge in [-0.05, 0) is 18.1 Å². The second-order valence-electron chi connectivity index (χ2n) is 5.54. The van der Waals surface area contributed by atoms with E-state index in [2.05, 4.69) is 38.1 Å². The summed E-state index contributed by atoms with van der Waals surface area (Å²) >= 11 is 1.71. The van der Waals surface area contributed by atoms with Crippen molar-refractivity contribution in [2.75, 3.05) is 5.75 Å². The second-order valence-corrected chi connectivity index (χ2v) is 6.52. The lowest BCUT2D eigenvalue weighted by Crippen LogP contribution is -1.99. The third-order valence-electron chi connectivity index (χ3n) is 3.17. The van der Waals surface area contributed by atoms with E-state index in [0.29, 0.717) is 5.92 Å². The molecular weight excluding hydrogens is 290 g/mol. The Balaban J connectivity index is 2.03. The highest BCUT2D eigenvalue weighted by molar-refractivity contribution is 7.99. The third kappa shape index (κ3) is 3.39. The van der Waals surface area contributed by atoms with Crippen LogP contribution in [0.5, 0.6) is 0 Å². The molecule has 0 unspecified atom stereocenters. The first kappa shape index (κ1) is 14.9. The highest BCUT2D eigenvalue weighted by Gasteiger charge is 2.14. The van der Waals surface area contributed by atoms with Crippen molar-refractivity contribution in [1.29, 1.82) is 0 Å². The van der Waals surface area contributed by atoms with Gasteiger partial charge >= 0.3 is 0 Å². The van der Waals surface area contributed by atoms with Crippen LogP contribution in [0.1, 0.15) is 13.8 Å². The smallest absolute Gasteiger partial charge is 0.209 e. The van der Waals surface area contributed by atoms with Gasteiger partial charge in [-0.15, -0.1) is 5.10 Å². The van der Waals surface area contributed by atoms with Gasteiger partial charge in [-0.3, -0.25) is 0 Å². The summed E-state index contributed by atoms with van der Waals surface area (Å²) in [5, 5.41) is 5.53. The van der Waals surface area contributed by atoms with Gasteiger partial charge in [0, 0.05) is 11.3 Å². The fourth-order valence-electron chi connectivity index (χ4n) is 2.12. The minimum atomic E-state index is 0.619. The van der Waals surface area contributed by atoms with Crippen molar-refractivity contribution in [3.63, 3.8) is 0 Å². The number of hydrogen-bond donors (Lipinski definition) is 0. The van der Waals surface area contributed by atoms with Crippen molar-refractivity contribution in [1.82, 2.24) is 14.8 Å². The van der Waals surface area contributed by atoms with Gasteiger partial charge < -0.3 is 0 Å². The topological polar surface area (TPSA) is 30.7 Å². The monoisotopic (exact) mass is 309 g/mol. The fraction of sp³-hybridized carbons (Fsp3) is 0.222. The van der Waals surface area contributed by atoms with Crippen LogP contribution in [0, 0.1) is 5.92 Å². The predicted octanol–water partition coefficient (Wildman–Crippen LogP) is 4.68. The van der Waals surface area contributed by atoms with Crippen LogP contribution in [0.15, 0.2) is 65.8 Å². The summed E-state index contributed by atoms with van der Waals surface area (Å²) in [6, 6.07) is 20.4. The summed E-state index contributed by atoms with van der Waals surface area (Å²) < 4.78 is 1.93. The average Bonchev–Trinajstić information content (AvgIpc) is 2.99. The summed E-state index contributed by atoms with van der Waals surface area (Å²) in [6.07, 6.45) is 0. The van der Waals surface area contributed by atoms with Crippen molar-refractivity contribution in [3.8, 4) is 17.1 Å². The lowest BCUT2D eigenvalue weighted by Gasteiger charge is -2.05. The number of hydrogen-bond acceptors (Lipinski definition) is 3. The lowest BCUT2D eigenvalue weighted by atomic mass is 10.2. The van der Waals surface area contributed by atoms with E-state index >= 15 is 0 Å². The Morgan fingerprint density at radius 2 is 1.59 bits per heavy atom. The molecule has 0 radical (unpaired) electrons. The number of para-hydroxylation sites is 1. The largest absolute Gasteiger partial charge is 0.212 e. The quantitative estimate of drug-likeness (QED) is 0.641. The molecule has 22 heavy (non-hydrogen) atoms. The van der Waals surface area contributed by atoms with Gasteiger partial charge in [0.05, 0.1) is 5.69 Å². The molecule has 1 aromatic heterocycles. The Morgan fingerprint density at radius 3 is 2.23 bits per heavy atom. The maximum Gasteiger partial charge on any atom is 0.209 e. The highest BCUT2D eigenvalue weighted by atomic mass is 32.2. The predicted molar refractivity (Wildman–Crippen MR) is 92.4 cm³/mol. The van der Waals surface area contributed by atoms with Crippen molar-refractivity contribution in [2.45, 2.75) is 19.0 Å². The number of aromatic nitrogens is 3. The molecule has 3 aromatic rings. The molecule has 3 rings (SSSR count). The molecule has 112 valence electrons. The molecule has 0 aliphatic rings. The van der Waals surface area contributed by atoms with Gasteiger partial charge in [0.25, 0.3) is 0 Å². The Kier molecular flexibility index (Phi) is 4.59. The van der Waals surface area contributed by atoms with Crippen LogP contribution in [0.25, 0.3) is 17.1 Å². The molecule has 4 heteroatoms. The van der Waals surface area contributed by atoms with Crippen LogP contribution >= 0.6 is 11.8 Å². The number of thioether (sulfide) groups is 1. The zero-order valence-corrected chi connectivity index (χ0v) is 13.6. The summed E-state index contributed by atoms with van der Waals surface area (Å²) in [5.41, 5.74) is 2.11. The molecule has 0 atom stereocenters. The molecule has 1 heterocycles. The van der Waals surface area contributed by atoms with Crippen LogP contribution in [-0.2, 0) is 0 Å². The van der Waals surface area contributed by atoms with Crippen molar-refractivity contribution >= 4 is 11.8 Å². The summed E-state index contributed by atoms with van der Waals surface area (Å²) in [4.78, 5) is 4.74. The standard InChI is InChI=1S/C18H19N3S/c1-14(2)13-22-18-19-17(15-9-5-3-6-10-15)21(20-18)16-11-7-4-8-12-16/h3-12,14H,13H2,1-2H3. The molecular formula is C18H19N3S. The molecule has 2 aromatic carbocycles. The molecule has 0 spiro atoms. The SMILES string of the molecule is CC(C)CSc1nc(-c2ccccc2)n(-c2ccccc2)n1. The Morgan fingerprint density at radius 1 is 0.955 bits per heavy atom. The van der Waals surface area contributed by atoms with E-state index in [1.807, 2.05) is 41.1 Å². The molecule has 0 aliphatic heterocycles. The Bertz CT molecular complexity index is 664. The van der Waals surface area contributed by atoms with E-state index in [9.17, 15) is 0 Å².